The second kappa shape index (κ2) is 13.5. The summed E-state index contributed by atoms with van der Waals surface area (Å²) in [6.45, 7) is 4.74. The van der Waals surface area contributed by atoms with E-state index in [0.29, 0.717) is 46.2 Å². The Kier molecular flexibility index (Phi) is 9.59. The number of ether oxygens (including phenoxy) is 4. The standard InChI is InChI=1S/C29H34N2O4/c1-30-12-8-26(9-13-30)27-10-14-31(15-11-27)16-17-32-18-19-33-20-21-34-22-23-35-29-7-6-25-4-2-3-5-28(25)24-29/h2-15,24H,16-23H2,1H3/q+2. The number of hydrogen-bond acceptors (Lipinski definition) is 4. The number of hydrogen-bond donors (Lipinski definition) is 0. The summed E-state index contributed by atoms with van der Waals surface area (Å²) >= 11 is 0. The summed E-state index contributed by atoms with van der Waals surface area (Å²) in [5, 5.41) is 2.39. The highest BCUT2D eigenvalue weighted by molar-refractivity contribution is 5.83. The lowest BCUT2D eigenvalue weighted by atomic mass is 10.1. The van der Waals surface area contributed by atoms with Gasteiger partial charge in [-0.2, -0.15) is 0 Å². The molecule has 0 fully saturated rings. The molecule has 4 aromatic rings. The zero-order valence-electron chi connectivity index (χ0n) is 20.3. The summed E-state index contributed by atoms with van der Waals surface area (Å²) in [6.07, 6.45) is 8.28. The topological polar surface area (TPSA) is 44.7 Å². The fraction of sp³-hybridized carbons (Fsp3) is 0.310. The number of nitrogens with zero attached hydrogens (tertiary/aromatic N) is 2. The molecule has 6 nitrogen and oxygen atoms in total. The predicted molar refractivity (Wildman–Crippen MR) is 135 cm³/mol. The molecule has 0 bridgehead atoms. The van der Waals surface area contributed by atoms with Gasteiger partial charge in [-0.1, -0.05) is 30.3 Å². The van der Waals surface area contributed by atoms with Crippen LogP contribution in [0.3, 0.4) is 0 Å². The highest BCUT2D eigenvalue weighted by atomic mass is 16.6. The van der Waals surface area contributed by atoms with Crippen molar-refractivity contribution in [2.45, 2.75) is 6.54 Å². The van der Waals surface area contributed by atoms with Gasteiger partial charge in [0.25, 0.3) is 0 Å². The lowest BCUT2D eigenvalue weighted by Gasteiger charge is -2.09. The van der Waals surface area contributed by atoms with Crippen molar-refractivity contribution in [2.75, 3.05) is 46.2 Å². The number of benzene rings is 2. The molecule has 0 radical (unpaired) electrons. The molecule has 0 unspecified atom stereocenters. The molecule has 0 amide bonds. The van der Waals surface area contributed by atoms with Crippen molar-refractivity contribution in [3.8, 4) is 16.9 Å². The first kappa shape index (κ1) is 24.8. The third-order valence-electron chi connectivity index (χ3n) is 5.66. The van der Waals surface area contributed by atoms with Gasteiger partial charge in [0.2, 0.25) is 0 Å². The second-order valence-corrected chi connectivity index (χ2v) is 8.27. The molecule has 2 aromatic heterocycles. The quantitative estimate of drug-likeness (QED) is 0.206. The number of fused-ring (bicyclic) bond motifs is 1. The van der Waals surface area contributed by atoms with Crippen molar-refractivity contribution in [3.63, 3.8) is 0 Å². The van der Waals surface area contributed by atoms with E-state index < -0.39 is 0 Å². The van der Waals surface area contributed by atoms with Gasteiger partial charge in [0, 0.05) is 24.3 Å². The molecule has 35 heavy (non-hydrogen) atoms. The summed E-state index contributed by atoms with van der Waals surface area (Å²) in [4.78, 5) is 0. The SMILES string of the molecule is C[n+]1ccc(-c2cc[n+](CCOCCOCCOCCOc3ccc4ccccc4c3)cc2)cc1. The van der Waals surface area contributed by atoms with Crippen LogP contribution in [0, 0.1) is 0 Å². The molecular formula is C29H34N2O4+2. The second-order valence-electron chi connectivity index (χ2n) is 8.27. The number of aromatic nitrogens is 2. The van der Waals surface area contributed by atoms with Crippen LogP contribution in [0.2, 0.25) is 0 Å². The zero-order valence-corrected chi connectivity index (χ0v) is 20.3. The van der Waals surface area contributed by atoms with Crippen molar-refractivity contribution in [1.82, 2.24) is 0 Å². The maximum absolute atomic E-state index is 5.77. The zero-order chi connectivity index (χ0) is 24.1. The van der Waals surface area contributed by atoms with Crippen molar-refractivity contribution in [2.24, 2.45) is 7.05 Å². The van der Waals surface area contributed by atoms with Crippen LogP contribution in [0.4, 0.5) is 0 Å². The molecule has 0 saturated heterocycles. The maximum Gasteiger partial charge on any atom is 0.171 e. The van der Waals surface area contributed by atoms with Gasteiger partial charge in [-0.15, -0.1) is 0 Å². The maximum atomic E-state index is 5.77. The molecule has 0 aliphatic rings. The van der Waals surface area contributed by atoms with E-state index >= 15 is 0 Å². The van der Waals surface area contributed by atoms with Gasteiger partial charge in [0.05, 0.1) is 33.0 Å². The van der Waals surface area contributed by atoms with Crippen LogP contribution in [0.15, 0.2) is 91.5 Å². The van der Waals surface area contributed by atoms with E-state index in [2.05, 4.69) is 77.9 Å². The van der Waals surface area contributed by atoms with E-state index in [1.165, 1.54) is 21.9 Å². The van der Waals surface area contributed by atoms with Gasteiger partial charge in [-0.05, 0) is 34.0 Å². The van der Waals surface area contributed by atoms with Gasteiger partial charge >= 0.3 is 0 Å². The van der Waals surface area contributed by atoms with Crippen LogP contribution < -0.4 is 13.9 Å². The third-order valence-corrected chi connectivity index (χ3v) is 5.66. The Morgan fingerprint density at radius 2 is 1.14 bits per heavy atom. The monoisotopic (exact) mass is 474 g/mol. The fourth-order valence-electron chi connectivity index (χ4n) is 3.68. The summed E-state index contributed by atoms with van der Waals surface area (Å²) in [5.74, 6) is 0.861. The van der Waals surface area contributed by atoms with E-state index in [-0.39, 0.29) is 0 Å². The first-order valence-corrected chi connectivity index (χ1v) is 12.1. The Morgan fingerprint density at radius 3 is 1.83 bits per heavy atom. The smallest absolute Gasteiger partial charge is 0.171 e. The Hall–Kier alpha value is -3.32. The minimum Gasteiger partial charge on any atom is -0.491 e. The summed E-state index contributed by atoms with van der Waals surface area (Å²) < 4.78 is 26.8. The van der Waals surface area contributed by atoms with Gasteiger partial charge in [0.1, 0.15) is 26.0 Å². The van der Waals surface area contributed by atoms with Crippen LogP contribution in [-0.2, 0) is 27.8 Å². The molecule has 2 aromatic carbocycles. The number of rotatable bonds is 14. The average Bonchev–Trinajstić information content (AvgIpc) is 2.90. The van der Waals surface area contributed by atoms with Crippen molar-refractivity contribution in [3.05, 3.63) is 91.5 Å². The van der Waals surface area contributed by atoms with Crippen LogP contribution in [0.5, 0.6) is 5.75 Å². The Balaban J connectivity index is 0.987. The Bertz CT molecular complexity index is 1160. The van der Waals surface area contributed by atoms with E-state index in [0.717, 1.165) is 12.3 Å². The number of pyridine rings is 2. The van der Waals surface area contributed by atoms with Crippen molar-refractivity contribution >= 4 is 10.8 Å². The largest absolute Gasteiger partial charge is 0.491 e. The summed E-state index contributed by atoms with van der Waals surface area (Å²) in [5.41, 5.74) is 2.42. The minimum atomic E-state index is 0.518. The molecular weight excluding hydrogens is 440 g/mol. The Labute approximate surface area is 207 Å². The van der Waals surface area contributed by atoms with Crippen LogP contribution >= 0.6 is 0 Å². The molecule has 0 spiro atoms. The van der Waals surface area contributed by atoms with E-state index in [9.17, 15) is 0 Å². The lowest BCUT2D eigenvalue weighted by Crippen LogP contribution is -2.35. The molecule has 0 atom stereocenters. The highest BCUT2D eigenvalue weighted by Crippen LogP contribution is 2.20. The van der Waals surface area contributed by atoms with Gasteiger partial charge in [-0.25, -0.2) is 9.13 Å². The molecule has 2 heterocycles. The normalized spacial score (nSPS) is 11.1. The van der Waals surface area contributed by atoms with Gasteiger partial charge in [0.15, 0.2) is 31.3 Å². The summed E-state index contributed by atoms with van der Waals surface area (Å²) in [6, 6.07) is 22.9. The Morgan fingerprint density at radius 1 is 0.571 bits per heavy atom. The molecule has 0 aliphatic carbocycles. The van der Waals surface area contributed by atoms with Gasteiger partial charge < -0.3 is 18.9 Å². The van der Waals surface area contributed by atoms with Crippen molar-refractivity contribution in [1.29, 1.82) is 0 Å². The highest BCUT2D eigenvalue weighted by Gasteiger charge is 2.04. The first-order valence-electron chi connectivity index (χ1n) is 12.1. The molecule has 0 saturated carbocycles. The van der Waals surface area contributed by atoms with Crippen LogP contribution in [0.25, 0.3) is 21.9 Å². The van der Waals surface area contributed by atoms with Crippen molar-refractivity contribution < 1.29 is 28.1 Å². The van der Waals surface area contributed by atoms with E-state index in [1.807, 2.05) is 29.8 Å². The number of aryl methyl sites for hydroxylation is 1. The van der Waals surface area contributed by atoms with Crippen LogP contribution in [-0.4, -0.2) is 46.2 Å². The van der Waals surface area contributed by atoms with E-state index in [1.54, 1.807) is 0 Å². The molecule has 6 heteroatoms. The molecule has 0 N–H and O–H groups in total. The van der Waals surface area contributed by atoms with Crippen LogP contribution in [0.1, 0.15) is 0 Å². The fourth-order valence-corrected chi connectivity index (χ4v) is 3.68. The molecule has 182 valence electrons. The van der Waals surface area contributed by atoms with Gasteiger partial charge in [-0.3, -0.25) is 0 Å². The third kappa shape index (κ3) is 8.14. The minimum absolute atomic E-state index is 0.518. The first-order chi connectivity index (χ1) is 17.3. The summed E-state index contributed by atoms with van der Waals surface area (Å²) in [7, 11) is 2.02. The molecule has 4 rings (SSSR count). The predicted octanol–water partition coefficient (Wildman–Crippen LogP) is 3.75. The average molecular weight is 475 g/mol. The molecule has 0 aliphatic heterocycles. The van der Waals surface area contributed by atoms with E-state index in [4.69, 9.17) is 18.9 Å². The lowest BCUT2D eigenvalue weighted by molar-refractivity contribution is -0.698.